The van der Waals surface area contributed by atoms with E-state index >= 15 is 0 Å². The lowest BCUT2D eigenvalue weighted by Crippen LogP contribution is -2.27. The normalized spacial score (nSPS) is 14.5. The number of benzodiazepines with no additional fused rings is 1. The van der Waals surface area contributed by atoms with Crippen molar-refractivity contribution >= 4 is 40.5 Å². The van der Waals surface area contributed by atoms with Gasteiger partial charge in [0, 0.05) is 28.2 Å². The fourth-order valence-electron chi connectivity index (χ4n) is 2.37. The second kappa shape index (κ2) is 5.71. The van der Waals surface area contributed by atoms with Crippen molar-refractivity contribution in [1.82, 2.24) is 0 Å². The minimum Gasteiger partial charge on any atom is -0.313 e. The molecule has 112 valence electrons. The van der Waals surface area contributed by atoms with Crippen LogP contribution in [-0.2, 0) is 4.79 Å². The van der Waals surface area contributed by atoms with Crippen LogP contribution >= 0.6 is 23.2 Å². The topological polar surface area (TPSA) is 32.7 Å². The van der Waals surface area contributed by atoms with Gasteiger partial charge in [-0.1, -0.05) is 23.2 Å². The van der Waals surface area contributed by atoms with Crippen molar-refractivity contribution in [2.24, 2.45) is 4.99 Å². The first-order chi connectivity index (χ1) is 10.5. The van der Waals surface area contributed by atoms with Gasteiger partial charge in [-0.2, -0.15) is 0 Å². The van der Waals surface area contributed by atoms with Crippen LogP contribution < -0.4 is 4.90 Å². The first kappa shape index (κ1) is 15.0. The summed E-state index contributed by atoms with van der Waals surface area (Å²) < 4.78 is 14.3. The molecule has 0 bridgehead atoms. The molecule has 22 heavy (non-hydrogen) atoms. The van der Waals surface area contributed by atoms with E-state index in [1.54, 1.807) is 37.4 Å². The number of amides is 1. The first-order valence-corrected chi connectivity index (χ1v) is 7.29. The molecule has 0 unspecified atom stereocenters. The van der Waals surface area contributed by atoms with Gasteiger partial charge in [0.1, 0.15) is 12.4 Å². The van der Waals surface area contributed by atoms with Crippen molar-refractivity contribution in [1.29, 1.82) is 0 Å². The largest absolute Gasteiger partial charge is 0.313 e. The van der Waals surface area contributed by atoms with Crippen molar-refractivity contribution < 1.29 is 9.18 Å². The maximum atomic E-state index is 14.3. The zero-order chi connectivity index (χ0) is 15.9. The first-order valence-electron chi connectivity index (χ1n) is 6.53. The summed E-state index contributed by atoms with van der Waals surface area (Å²) in [5, 5.41) is 0.790. The van der Waals surface area contributed by atoms with Gasteiger partial charge < -0.3 is 4.90 Å². The van der Waals surface area contributed by atoms with Crippen LogP contribution in [0.5, 0.6) is 0 Å². The molecule has 1 aliphatic rings. The standard InChI is InChI=1S/C16H11Cl2FN2O/c1-21-14-5-3-9(17)6-12(14)16(20-8-15(21)22)11-4-2-10(18)7-13(11)19/h2-7H,8H2,1H3. The molecule has 0 radical (unpaired) electrons. The van der Waals surface area contributed by atoms with E-state index in [0.717, 1.165) is 0 Å². The Bertz CT molecular complexity index is 805. The molecule has 0 saturated carbocycles. The Morgan fingerprint density at radius 3 is 2.50 bits per heavy atom. The maximum Gasteiger partial charge on any atom is 0.248 e. The molecular formula is C16H11Cl2FN2O. The van der Waals surface area contributed by atoms with E-state index in [1.807, 2.05) is 0 Å². The highest BCUT2D eigenvalue weighted by molar-refractivity contribution is 6.32. The predicted molar refractivity (Wildman–Crippen MR) is 86.8 cm³/mol. The highest BCUT2D eigenvalue weighted by atomic mass is 35.5. The molecule has 3 rings (SSSR count). The molecule has 3 nitrogen and oxygen atoms in total. The van der Waals surface area contributed by atoms with Gasteiger partial charge in [0.05, 0.1) is 11.4 Å². The molecule has 2 aromatic carbocycles. The van der Waals surface area contributed by atoms with Crippen molar-refractivity contribution in [3.63, 3.8) is 0 Å². The molecule has 1 heterocycles. The molecule has 0 atom stereocenters. The molecule has 0 saturated heterocycles. The number of likely N-dealkylation sites (N-methyl/N-ethyl adjacent to an activating group) is 1. The number of hydrogen-bond acceptors (Lipinski definition) is 2. The van der Waals surface area contributed by atoms with Gasteiger partial charge in [0.15, 0.2) is 0 Å². The SMILES string of the molecule is CN1C(=O)CN=C(c2ccc(Cl)cc2F)c2cc(Cl)ccc21. The fourth-order valence-corrected chi connectivity index (χ4v) is 2.71. The Morgan fingerprint density at radius 1 is 1.09 bits per heavy atom. The van der Waals surface area contributed by atoms with Crippen LogP contribution in [0.25, 0.3) is 0 Å². The van der Waals surface area contributed by atoms with Gasteiger partial charge >= 0.3 is 0 Å². The van der Waals surface area contributed by atoms with Crippen LogP contribution in [0.2, 0.25) is 10.0 Å². The van der Waals surface area contributed by atoms with Gasteiger partial charge in [-0.15, -0.1) is 0 Å². The third kappa shape index (κ3) is 2.60. The van der Waals surface area contributed by atoms with E-state index < -0.39 is 5.82 Å². The van der Waals surface area contributed by atoms with E-state index in [1.165, 1.54) is 11.0 Å². The Balaban J connectivity index is 2.25. The molecule has 0 fully saturated rings. The van der Waals surface area contributed by atoms with E-state index in [-0.39, 0.29) is 18.0 Å². The second-order valence-corrected chi connectivity index (χ2v) is 5.78. The monoisotopic (exact) mass is 336 g/mol. The number of rotatable bonds is 1. The number of fused-ring (bicyclic) bond motifs is 1. The Hall–Kier alpha value is -1.91. The third-order valence-electron chi connectivity index (χ3n) is 3.51. The second-order valence-electron chi connectivity index (χ2n) is 4.90. The van der Waals surface area contributed by atoms with E-state index in [9.17, 15) is 9.18 Å². The molecule has 0 aliphatic carbocycles. The van der Waals surface area contributed by atoms with E-state index in [0.29, 0.717) is 27.0 Å². The van der Waals surface area contributed by atoms with Crippen LogP contribution in [0.4, 0.5) is 10.1 Å². The maximum absolute atomic E-state index is 14.3. The summed E-state index contributed by atoms with van der Waals surface area (Å²) in [5.41, 5.74) is 1.93. The molecule has 6 heteroatoms. The Labute approximate surface area is 137 Å². The van der Waals surface area contributed by atoms with Gasteiger partial charge in [-0.3, -0.25) is 9.79 Å². The lowest BCUT2D eigenvalue weighted by atomic mass is 10.00. The van der Waals surface area contributed by atoms with Crippen molar-refractivity contribution in [2.45, 2.75) is 0 Å². The molecule has 0 aromatic heterocycles. The van der Waals surface area contributed by atoms with Gasteiger partial charge in [-0.05, 0) is 36.4 Å². The number of benzene rings is 2. The number of halogens is 3. The van der Waals surface area contributed by atoms with Crippen LogP contribution in [0, 0.1) is 5.82 Å². The fraction of sp³-hybridized carbons (Fsp3) is 0.125. The van der Waals surface area contributed by atoms with E-state index in [2.05, 4.69) is 4.99 Å². The van der Waals surface area contributed by atoms with Crippen LogP contribution in [-0.4, -0.2) is 25.2 Å². The third-order valence-corrected chi connectivity index (χ3v) is 3.98. The summed E-state index contributed by atoms with van der Waals surface area (Å²) >= 11 is 11.9. The van der Waals surface area contributed by atoms with Crippen LogP contribution in [0.1, 0.15) is 11.1 Å². The van der Waals surface area contributed by atoms with Crippen LogP contribution in [0.15, 0.2) is 41.4 Å². The number of carbonyl (C=O) groups is 1. The van der Waals surface area contributed by atoms with Gasteiger partial charge in [0.25, 0.3) is 0 Å². The van der Waals surface area contributed by atoms with Crippen molar-refractivity contribution in [2.75, 3.05) is 18.5 Å². The summed E-state index contributed by atoms with van der Waals surface area (Å²) in [6.45, 7) is -0.0554. The summed E-state index contributed by atoms with van der Waals surface area (Å²) in [6.07, 6.45) is 0. The zero-order valence-corrected chi connectivity index (χ0v) is 13.1. The van der Waals surface area contributed by atoms with Crippen molar-refractivity contribution in [3.05, 3.63) is 63.4 Å². The number of hydrogen-bond donors (Lipinski definition) is 0. The number of carbonyl (C=O) groups excluding carboxylic acids is 1. The Kier molecular flexibility index (Phi) is 3.89. The number of aliphatic imine (C=N–C) groups is 1. The minimum atomic E-state index is -0.492. The number of nitrogens with zero attached hydrogens (tertiary/aromatic N) is 2. The quantitative estimate of drug-likeness (QED) is 0.776. The molecule has 1 aliphatic heterocycles. The molecule has 0 spiro atoms. The lowest BCUT2D eigenvalue weighted by molar-refractivity contribution is -0.116. The highest BCUT2D eigenvalue weighted by Crippen LogP contribution is 2.30. The lowest BCUT2D eigenvalue weighted by Gasteiger charge is -2.18. The average molecular weight is 337 g/mol. The summed E-state index contributed by atoms with van der Waals surface area (Å²) in [5.74, 6) is -0.665. The summed E-state index contributed by atoms with van der Waals surface area (Å²) in [4.78, 5) is 17.8. The van der Waals surface area contributed by atoms with Gasteiger partial charge in [-0.25, -0.2) is 4.39 Å². The Morgan fingerprint density at radius 2 is 1.77 bits per heavy atom. The van der Waals surface area contributed by atoms with E-state index in [4.69, 9.17) is 23.2 Å². The van der Waals surface area contributed by atoms with Crippen molar-refractivity contribution in [3.8, 4) is 0 Å². The average Bonchev–Trinajstić information content (AvgIpc) is 2.58. The zero-order valence-electron chi connectivity index (χ0n) is 11.6. The molecular weight excluding hydrogens is 326 g/mol. The predicted octanol–water partition coefficient (Wildman–Crippen LogP) is 3.95. The van der Waals surface area contributed by atoms with Crippen LogP contribution in [0.3, 0.4) is 0 Å². The summed E-state index contributed by atoms with van der Waals surface area (Å²) in [7, 11) is 1.66. The highest BCUT2D eigenvalue weighted by Gasteiger charge is 2.24. The molecule has 2 aromatic rings. The number of anilines is 1. The molecule has 1 amide bonds. The minimum absolute atomic E-state index is 0.0554. The summed E-state index contributed by atoms with van der Waals surface area (Å²) in [6, 6.07) is 9.45. The molecule has 0 N–H and O–H groups in total. The van der Waals surface area contributed by atoms with Gasteiger partial charge in [0.2, 0.25) is 5.91 Å². The smallest absolute Gasteiger partial charge is 0.248 e.